The lowest BCUT2D eigenvalue weighted by molar-refractivity contribution is 0.408. The topological polar surface area (TPSA) is 73.2 Å². The summed E-state index contributed by atoms with van der Waals surface area (Å²) in [5.74, 6) is 1.31. The molecular weight excluding hydrogens is 438 g/mol. The molecule has 3 N–H and O–H groups in total. The summed E-state index contributed by atoms with van der Waals surface area (Å²) in [5.41, 5.74) is 7.72. The maximum absolute atomic E-state index is 10.9. The van der Waals surface area contributed by atoms with Crippen LogP contribution >= 0.6 is 0 Å². The quantitative estimate of drug-likeness (QED) is 0.277. The van der Waals surface area contributed by atoms with Crippen molar-refractivity contribution in [1.82, 2.24) is 0 Å². The van der Waals surface area contributed by atoms with Crippen molar-refractivity contribution in [2.45, 2.75) is 41.5 Å². The maximum atomic E-state index is 10.9. The van der Waals surface area contributed by atoms with Crippen LogP contribution in [0.1, 0.15) is 33.4 Å². The highest BCUT2D eigenvalue weighted by atomic mass is 16.5. The fourth-order valence-electron chi connectivity index (χ4n) is 4.19. The predicted octanol–water partition coefficient (Wildman–Crippen LogP) is 7.92. The first-order chi connectivity index (χ1) is 16.6. The van der Waals surface area contributed by atoms with E-state index in [0.717, 1.165) is 39.1 Å². The summed E-state index contributed by atoms with van der Waals surface area (Å²) in [6.07, 6.45) is 0. The molecule has 0 atom stereocenters. The van der Waals surface area contributed by atoms with E-state index in [0.29, 0.717) is 22.9 Å². The van der Waals surface area contributed by atoms with Gasteiger partial charge in [0, 0.05) is 5.69 Å². The van der Waals surface area contributed by atoms with E-state index < -0.39 is 0 Å². The molecule has 5 nitrogen and oxygen atoms in total. The number of hydrogen-bond acceptors (Lipinski definition) is 5. The number of anilines is 3. The Morgan fingerprint density at radius 1 is 0.514 bits per heavy atom. The van der Waals surface area contributed by atoms with Gasteiger partial charge in [-0.05, 0) is 117 Å². The zero-order valence-corrected chi connectivity index (χ0v) is 21.0. The molecule has 4 aromatic rings. The van der Waals surface area contributed by atoms with Crippen LogP contribution in [-0.4, -0.2) is 15.3 Å². The van der Waals surface area contributed by atoms with E-state index in [1.54, 1.807) is 18.2 Å². The van der Waals surface area contributed by atoms with Crippen LogP contribution in [0.5, 0.6) is 28.7 Å². The van der Waals surface area contributed by atoms with Crippen LogP contribution in [0.3, 0.4) is 0 Å². The van der Waals surface area contributed by atoms with Crippen molar-refractivity contribution in [2.24, 2.45) is 0 Å². The molecule has 5 heteroatoms. The third-order valence-electron chi connectivity index (χ3n) is 6.78. The van der Waals surface area contributed by atoms with Gasteiger partial charge in [-0.1, -0.05) is 18.2 Å². The molecule has 0 spiro atoms. The molecule has 0 saturated heterocycles. The third kappa shape index (κ3) is 4.37. The molecule has 0 radical (unpaired) electrons. The second kappa shape index (κ2) is 9.26. The monoisotopic (exact) mass is 469 g/mol. The van der Waals surface area contributed by atoms with Gasteiger partial charge in [0.15, 0.2) is 11.5 Å². The molecule has 0 aliphatic rings. The number of ether oxygens (including phenoxy) is 1. The third-order valence-corrected chi connectivity index (χ3v) is 6.78. The summed E-state index contributed by atoms with van der Waals surface area (Å²) >= 11 is 0. The Balaban J connectivity index is 1.86. The second-order valence-electron chi connectivity index (χ2n) is 9.04. The number of phenols is 3. The van der Waals surface area contributed by atoms with Gasteiger partial charge in [0.1, 0.15) is 17.2 Å². The lowest BCUT2D eigenvalue weighted by Crippen LogP contribution is -2.14. The Labute approximate surface area is 206 Å². The van der Waals surface area contributed by atoms with Gasteiger partial charge in [0.2, 0.25) is 0 Å². The molecule has 180 valence electrons. The number of benzene rings is 4. The number of aromatic hydroxyl groups is 3. The Morgan fingerprint density at radius 3 is 1.43 bits per heavy atom. The molecule has 0 bridgehead atoms. The average molecular weight is 470 g/mol. The van der Waals surface area contributed by atoms with Crippen LogP contribution in [0.25, 0.3) is 0 Å². The van der Waals surface area contributed by atoms with E-state index in [4.69, 9.17) is 4.74 Å². The van der Waals surface area contributed by atoms with Crippen molar-refractivity contribution in [3.63, 3.8) is 0 Å². The fraction of sp³-hybridized carbons (Fsp3) is 0.200. The molecule has 0 saturated carbocycles. The van der Waals surface area contributed by atoms with Crippen LogP contribution in [0, 0.1) is 41.5 Å². The molecule has 0 heterocycles. The molecule has 0 unspecified atom stereocenters. The normalized spacial score (nSPS) is 10.9. The van der Waals surface area contributed by atoms with Gasteiger partial charge >= 0.3 is 0 Å². The molecule has 35 heavy (non-hydrogen) atoms. The van der Waals surface area contributed by atoms with Gasteiger partial charge in [0.05, 0.1) is 11.4 Å². The van der Waals surface area contributed by atoms with Gasteiger partial charge < -0.3 is 25.0 Å². The first-order valence-electron chi connectivity index (χ1n) is 11.6. The number of aryl methyl sites for hydroxylation is 3. The van der Waals surface area contributed by atoms with Crippen LogP contribution in [0.15, 0.2) is 60.7 Å². The number of rotatable bonds is 5. The number of phenolic OH excluding ortho intramolecular Hbond substituents is 3. The maximum Gasteiger partial charge on any atom is 0.172 e. The van der Waals surface area contributed by atoms with Crippen molar-refractivity contribution in [3.8, 4) is 28.7 Å². The zero-order chi connectivity index (χ0) is 25.4. The molecule has 0 aliphatic heterocycles. The Kier molecular flexibility index (Phi) is 6.35. The average Bonchev–Trinajstić information content (AvgIpc) is 2.84. The second-order valence-corrected chi connectivity index (χ2v) is 9.04. The van der Waals surface area contributed by atoms with Crippen LogP contribution in [0.2, 0.25) is 0 Å². The van der Waals surface area contributed by atoms with E-state index in [9.17, 15) is 15.3 Å². The minimum absolute atomic E-state index is 0.0828. The smallest absolute Gasteiger partial charge is 0.172 e. The van der Waals surface area contributed by atoms with Gasteiger partial charge in [-0.3, -0.25) is 0 Å². The Bertz CT molecular complexity index is 1350. The van der Waals surface area contributed by atoms with Gasteiger partial charge in [-0.2, -0.15) is 0 Å². The van der Waals surface area contributed by atoms with E-state index >= 15 is 0 Å². The van der Waals surface area contributed by atoms with Crippen molar-refractivity contribution in [1.29, 1.82) is 0 Å². The minimum Gasteiger partial charge on any atom is -0.506 e. The minimum atomic E-state index is 0.0828. The highest BCUT2D eigenvalue weighted by Gasteiger charge is 2.24. The highest BCUT2D eigenvalue weighted by Crippen LogP contribution is 2.48. The first kappa shape index (κ1) is 24.0. The summed E-state index contributed by atoms with van der Waals surface area (Å²) < 4.78 is 6.03. The summed E-state index contributed by atoms with van der Waals surface area (Å²) in [4.78, 5) is 1.88. The Morgan fingerprint density at radius 2 is 0.943 bits per heavy atom. The van der Waals surface area contributed by atoms with Crippen LogP contribution in [0.4, 0.5) is 17.1 Å². The van der Waals surface area contributed by atoms with Crippen LogP contribution < -0.4 is 9.64 Å². The van der Waals surface area contributed by atoms with Crippen molar-refractivity contribution in [2.75, 3.05) is 4.90 Å². The van der Waals surface area contributed by atoms with E-state index in [2.05, 4.69) is 0 Å². The standard InChI is InChI=1S/C30H31NO4/c1-17-7-14-25(32)28(20(17)4)31(29-21(5)18(2)8-15-26(29)33)23-10-12-24(13-11-23)35-30-22(6)19(3)9-16-27(30)34/h7-16,32-34H,1-6H3. The SMILES string of the molecule is Cc1ccc(O)c(Oc2ccc(N(c3c(O)ccc(C)c3C)c3c(O)ccc(C)c3C)cc2)c1C. The summed E-state index contributed by atoms with van der Waals surface area (Å²) in [6, 6.07) is 18.0. The van der Waals surface area contributed by atoms with Crippen molar-refractivity contribution >= 4 is 17.1 Å². The predicted molar refractivity (Wildman–Crippen MR) is 141 cm³/mol. The Hall–Kier alpha value is -4.12. The molecule has 0 aromatic heterocycles. The van der Waals surface area contributed by atoms with Gasteiger partial charge in [-0.15, -0.1) is 0 Å². The summed E-state index contributed by atoms with van der Waals surface area (Å²) in [7, 11) is 0. The lowest BCUT2D eigenvalue weighted by Gasteiger charge is -2.30. The summed E-state index contributed by atoms with van der Waals surface area (Å²) in [5, 5.41) is 32.1. The molecular formula is C30H31NO4. The molecule has 0 amide bonds. The molecule has 0 fully saturated rings. The van der Waals surface area contributed by atoms with E-state index in [1.165, 1.54) is 0 Å². The first-order valence-corrected chi connectivity index (χ1v) is 11.6. The van der Waals surface area contributed by atoms with E-state index in [1.807, 2.05) is 88.9 Å². The fourth-order valence-corrected chi connectivity index (χ4v) is 4.19. The van der Waals surface area contributed by atoms with Gasteiger partial charge in [-0.25, -0.2) is 0 Å². The molecule has 4 aromatic carbocycles. The summed E-state index contributed by atoms with van der Waals surface area (Å²) in [6.45, 7) is 11.8. The van der Waals surface area contributed by atoms with Crippen molar-refractivity contribution < 1.29 is 20.1 Å². The van der Waals surface area contributed by atoms with Gasteiger partial charge in [0.25, 0.3) is 0 Å². The van der Waals surface area contributed by atoms with Crippen LogP contribution in [-0.2, 0) is 0 Å². The highest BCUT2D eigenvalue weighted by molar-refractivity contribution is 5.87. The number of nitrogens with zero attached hydrogens (tertiary/aromatic N) is 1. The zero-order valence-electron chi connectivity index (χ0n) is 21.0. The van der Waals surface area contributed by atoms with Crippen molar-refractivity contribution in [3.05, 3.63) is 94.0 Å². The molecule has 4 rings (SSSR count). The lowest BCUT2D eigenvalue weighted by atomic mass is 10.0. The number of hydrogen-bond donors (Lipinski definition) is 3. The largest absolute Gasteiger partial charge is 0.506 e. The van der Waals surface area contributed by atoms with E-state index in [-0.39, 0.29) is 17.2 Å². The molecule has 0 aliphatic carbocycles.